The van der Waals surface area contributed by atoms with Crippen molar-refractivity contribution in [2.24, 2.45) is 17.8 Å². The van der Waals surface area contributed by atoms with Crippen LogP contribution >= 0.6 is 11.6 Å². The average Bonchev–Trinajstić information content (AvgIpc) is 3.59. The molecule has 2 aliphatic rings. The first-order chi connectivity index (χ1) is 17.2. The summed E-state index contributed by atoms with van der Waals surface area (Å²) in [5, 5.41) is 10.5. The minimum atomic E-state index is -0.875. The molecule has 9 nitrogen and oxygen atoms in total. The first-order valence-electron chi connectivity index (χ1n) is 12.7. The van der Waals surface area contributed by atoms with E-state index in [1.54, 1.807) is 24.3 Å². The van der Waals surface area contributed by atoms with Gasteiger partial charge in [0.25, 0.3) is 11.8 Å². The van der Waals surface area contributed by atoms with Gasteiger partial charge in [-0.15, -0.1) is 5.10 Å². The van der Waals surface area contributed by atoms with E-state index in [-0.39, 0.29) is 29.7 Å². The standard InChI is InChI=1S/C26H33ClN4O5/c1-15(2)13-21(22(32)25-30-31(26(35)36-25)14-16-7-8-16)29-24(34)19-5-3-4-6-20(19)28-23(33)17-9-11-18(27)12-10-17/h9-12,15-16,19-21H,3-8,13-14H2,1-2H3,(H,28,33)(H,29,34)/t19-,20+,21+/m1/s1. The number of rotatable bonds is 10. The lowest BCUT2D eigenvalue weighted by atomic mass is 9.83. The molecule has 4 rings (SSSR count). The summed E-state index contributed by atoms with van der Waals surface area (Å²) in [6.45, 7) is 4.34. The largest absolute Gasteiger partial charge is 0.437 e. The second-order valence-electron chi connectivity index (χ2n) is 10.3. The number of nitrogens with zero attached hydrogens (tertiary/aromatic N) is 2. The highest BCUT2D eigenvalue weighted by Gasteiger charge is 2.36. The van der Waals surface area contributed by atoms with Crippen molar-refractivity contribution in [3.63, 3.8) is 0 Å². The van der Waals surface area contributed by atoms with Gasteiger partial charge in [0.15, 0.2) is 0 Å². The Morgan fingerprint density at radius 2 is 1.81 bits per heavy atom. The molecule has 3 atom stereocenters. The minimum Gasteiger partial charge on any atom is -0.384 e. The van der Waals surface area contributed by atoms with E-state index >= 15 is 0 Å². The van der Waals surface area contributed by atoms with Gasteiger partial charge in [-0.2, -0.15) is 4.68 Å². The van der Waals surface area contributed by atoms with Gasteiger partial charge in [-0.3, -0.25) is 14.4 Å². The maximum absolute atomic E-state index is 13.4. The van der Waals surface area contributed by atoms with Crippen molar-refractivity contribution >= 4 is 29.2 Å². The lowest BCUT2D eigenvalue weighted by molar-refractivity contribution is -0.127. The Kier molecular flexibility index (Phi) is 8.28. The molecule has 2 N–H and O–H groups in total. The maximum atomic E-state index is 13.4. The van der Waals surface area contributed by atoms with E-state index in [0.29, 0.717) is 42.3 Å². The zero-order valence-corrected chi connectivity index (χ0v) is 21.4. The van der Waals surface area contributed by atoms with Crippen molar-refractivity contribution < 1.29 is 18.8 Å². The second-order valence-corrected chi connectivity index (χ2v) is 10.8. The van der Waals surface area contributed by atoms with Crippen molar-refractivity contribution in [1.29, 1.82) is 0 Å². The molecule has 2 aromatic rings. The smallest absolute Gasteiger partial charge is 0.384 e. The molecule has 1 heterocycles. The van der Waals surface area contributed by atoms with Crippen LogP contribution in [-0.2, 0) is 11.3 Å². The fraction of sp³-hybridized carbons (Fsp3) is 0.577. The van der Waals surface area contributed by atoms with Gasteiger partial charge in [0.1, 0.15) is 0 Å². The van der Waals surface area contributed by atoms with Crippen LogP contribution in [0.2, 0.25) is 5.02 Å². The topological polar surface area (TPSA) is 123 Å². The molecule has 194 valence electrons. The predicted octanol–water partition coefficient (Wildman–Crippen LogP) is 3.60. The van der Waals surface area contributed by atoms with Gasteiger partial charge in [0.2, 0.25) is 11.7 Å². The molecule has 2 saturated carbocycles. The molecule has 36 heavy (non-hydrogen) atoms. The van der Waals surface area contributed by atoms with E-state index < -0.39 is 23.5 Å². The first kappa shape index (κ1) is 26.1. The van der Waals surface area contributed by atoms with Crippen LogP contribution in [0.25, 0.3) is 0 Å². The van der Waals surface area contributed by atoms with E-state index in [2.05, 4.69) is 15.7 Å². The fourth-order valence-corrected chi connectivity index (χ4v) is 4.79. The van der Waals surface area contributed by atoms with Gasteiger partial charge < -0.3 is 15.1 Å². The molecule has 0 radical (unpaired) electrons. The third-order valence-corrected chi connectivity index (χ3v) is 7.06. The Morgan fingerprint density at radius 3 is 2.47 bits per heavy atom. The van der Waals surface area contributed by atoms with Crippen LogP contribution in [0.1, 0.15) is 79.8 Å². The van der Waals surface area contributed by atoms with Crippen LogP contribution in [0, 0.1) is 17.8 Å². The van der Waals surface area contributed by atoms with Gasteiger partial charge in [-0.1, -0.05) is 38.3 Å². The number of amides is 2. The zero-order chi connectivity index (χ0) is 25.8. The Bertz CT molecular complexity index is 1150. The van der Waals surface area contributed by atoms with Crippen LogP contribution in [0.4, 0.5) is 0 Å². The summed E-state index contributed by atoms with van der Waals surface area (Å²) in [4.78, 5) is 51.5. The number of hydrogen-bond acceptors (Lipinski definition) is 6. The molecule has 2 amide bonds. The van der Waals surface area contributed by atoms with E-state index in [0.717, 1.165) is 25.7 Å². The van der Waals surface area contributed by atoms with Crippen LogP contribution in [0.15, 0.2) is 33.5 Å². The first-order valence-corrected chi connectivity index (χ1v) is 13.1. The van der Waals surface area contributed by atoms with Gasteiger partial charge >= 0.3 is 5.76 Å². The van der Waals surface area contributed by atoms with Gasteiger partial charge in [0, 0.05) is 16.6 Å². The number of carbonyl (C=O) groups excluding carboxylic acids is 3. The van der Waals surface area contributed by atoms with Crippen molar-refractivity contribution in [2.75, 3.05) is 0 Å². The fourth-order valence-electron chi connectivity index (χ4n) is 4.67. The molecule has 0 spiro atoms. The van der Waals surface area contributed by atoms with E-state index in [4.69, 9.17) is 16.0 Å². The van der Waals surface area contributed by atoms with Crippen LogP contribution in [0.5, 0.6) is 0 Å². The molecule has 0 aliphatic heterocycles. The number of carbonyl (C=O) groups is 3. The van der Waals surface area contributed by atoms with E-state index in [9.17, 15) is 19.2 Å². The van der Waals surface area contributed by atoms with Crippen molar-refractivity contribution in [3.8, 4) is 0 Å². The normalized spacial score (nSPS) is 20.7. The molecule has 2 aliphatic carbocycles. The third kappa shape index (κ3) is 6.63. The lowest BCUT2D eigenvalue weighted by Crippen LogP contribution is -2.52. The SMILES string of the molecule is CC(C)C[C@H](NC(=O)[C@@H]1CCCC[C@@H]1NC(=O)c1ccc(Cl)cc1)C(=O)c1nn(CC2CC2)c(=O)o1. The summed E-state index contributed by atoms with van der Waals surface area (Å²) in [6, 6.07) is 5.35. The number of nitrogens with one attached hydrogen (secondary N) is 2. The Morgan fingerprint density at radius 1 is 1.11 bits per heavy atom. The minimum absolute atomic E-state index is 0.103. The van der Waals surface area contributed by atoms with Gasteiger partial charge in [-0.05, 0) is 68.2 Å². The predicted molar refractivity (Wildman–Crippen MR) is 134 cm³/mol. The highest BCUT2D eigenvalue weighted by atomic mass is 35.5. The molecule has 1 aromatic heterocycles. The van der Waals surface area contributed by atoms with E-state index in [1.807, 2.05) is 13.8 Å². The van der Waals surface area contributed by atoms with Gasteiger partial charge in [-0.25, -0.2) is 4.79 Å². The van der Waals surface area contributed by atoms with E-state index in [1.165, 1.54) is 4.68 Å². The number of aromatic nitrogens is 2. The molecular weight excluding hydrogens is 484 g/mol. The summed E-state index contributed by atoms with van der Waals surface area (Å²) in [6.07, 6.45) is 5.46. The highest BCUT2D eigenvalue weighted by Crippen LogP contribution is 2.30. The summed E-state index contributed by atoms with van der Waals surface area (Å²) >= 11 is 5.92. The molecule has 0 bridgehead atoms. The molecule has 10 heteroatoms. The van der Waals surface area contributed by atoms with Crippen LogP contribution in [-0.4, -0.2) is 39.5 Å². The zero-order valence-electron chi connectivity index (χ0n) is 20.7. The number of benzene rings is 1. The molecule has 0 unspecified atom stereocenters. The molecular formula is C26H33ClN4O5. The number of hydrogen-bond donors (Lipinski definition) is 2. The molecule has 0 saturated heterocycles. The summed E-state index contributed by atoms with van der Waals surface area (Å²) in [5.74, 6) is -1.98. The number of Topliss-reactive ketones (excluding diaryl/α,β-unsaturated/α-hetero) is 1. The highest BCUT2D eigenvalue weighted by molar-refractivity contribution is 6.30. The third-order valence-electron chi connectivity index (χ3n) is 6.81. The summed E-state index contributed by atoms with van der Waals surface area (Å²) < 4.78 is 6.35. The van der Waals surface area contributed by atoms with Crippen LogP contribution < -0.4 is 16.4 Å². The second kappa shape index (κ2) is 11.4. The lowest BCUT2D eigenvalue weighted by Gasteiger charge is -2.32. The van der Waals surface area contributed by atoms with Crippen molar-refractivity contribution in [1.82, 2.24) is 20.4 Å². The summed E-state index contributed by atoms with van der Waals surface area (Å²) in [5.41, 5.74) is 0.466. The van der Waals surface area contributed by atoms with Crippen LogP contribution in [0.3, 0.4) is 0 Å². The number of halogens is 1. The Labute approximate surface area is 215 Å². The van der Waals surface area contributed by atoms with Gasteiger partial charge in [0.05, 0.1) is 18.5 Å². The monoisotopic (exact) mass is 516 g/mol. The maximum Gasteiger partial charge on any atom is 0.437 e. The Balaban J connectivity index is 1.45. The molecule has 1 aromatic carbocycles. The Hall–Kier alpha value is -2.94. The van der Waals surface area contributed by atoms with Crippen molar-refractivity contribution in [2.45, 2.75) is 77.4 Å². The van der Waals surface area contributed by atoms with Crippen molar-refractivity contribution in [3.05, 3.63) is 51.3 Å². The molecule has 2 fully saturated rings. The quantitative estimate of drug-likeness (QED) is 0.465. The average molecular weight is 517 g/mol. The number of ketones is 1. The summed E-state index contributed by atoms with van der Waals surface area (Å²) in [7, 11) is 0.